The van der Waals surface area contributed by atoms with Crippen LogP contribution in [0.25, 0.3) is 16.9 Å². The molecule has 0 fully saturated rings. The van der Waals surface area contributed by atoms with E-state index >= 15 is 0 Å². The molecule has 338 valence electrons. The number of hydrogen-bond acceptors (Lipinski definition) is 0. The summed E-state index contributed by atoms with van der Waals surface area (Å²) in [6.45, 7) is 9.05. The second kappa shape index (κ2) is 36.2. The third-order valence-electron chi connectivity index (χ3n) is 12.7. The van der Waals surface area contributed by atoms with Crippen molar-refractivity contribution < 1.29 is 25.1 Å². The van der Waals surface area contributed by atoms with Crippen molar-refractivity contribution in [3.63, 3.8) is 0 Å². The van der Waals surface area contributed by atoms with E-state index in [1.165, 1.54) is 201 Å². The van der Waals surface area contributed by atoms with Crippen LogP contribution in [0.5, 0.6) is 0 Å². The van der Waals surface area contributed by atoms with Crippen molar-refractivity contribution in [3.05, 3.63) is 87.5 Å². The fourth-order valence-electron chi connectivity index (χ4n) is 8.83. The van der Waals surface area contributed by atoms with Gasteiger partial charge in [0, 0.05) is 43.5 Å². The molecule has 0 aromatic heterocycles. The van der Waals surface area contributed by atoms with Crippen LogP contribution in [-0.2, 0) is 33.3 Å². The van der Waals surface area contributed by atoms with E-state index in [1.54, 1.807) is 0 Å². The van der Waals surface area contributed by atoms with E-state index in [2.05, 4.69) is 88.1 Å². The topological polar surface area (TPSA) is 25.3 Å². The van der Waals surface area contributed by atoms with Crippen LogP contribution in [0, 0.1) is 11.8 Å². The van der Waals surface area contributed by atoms with Crippen molar-refractivity contribution in [2.24, 2.45) is 0 Å². The van der Waals surface area contributed by atoms with Crippen molar-refractivity contribution in [2.75, 3.05) is 0 Å². The van der Waals surface area contributed by atoms with Gasteiger partial charge in [-0.1, -0.05) is 237 Å². The van der Waals surface area contributed by atoms with Crippen molar-refractivity contribution in [1.82, 2.24) is 0 Å². The van der Waals surface area contributed by atoms with Crippen LogP contribution < -0.4 is 0 Å². The van der Waals surface area contributed by atoms with Gasteiger partial charge in [-0.2, -0.15) is 0 Å². The zero-order chi connectivity index (χ0) is 42.0. The molecule has 0 atom stereocenters. The Balaban J connectivity index is 0.0000124. The summed E-state index contributed by atoms with van der Waals surface area (Å²) in [6, 6.07) is 17.8. The molecule has 0 spiro atoms. The van der Waals surface area contributed by atoms with E-state index < -0.39 is 0 Å². The van der Waals surface area contributed by atoms with Crippen LogP contribution in [-0.4, -0.2) is 4.70 Å². The summed E-state index contributed by atoms with van der Waals surface area (Å²) < 4.78 is 1.47. The molecule has 0 saturated heterocycles. The Morgan fingerprint density at radius 2 is 0.700 bits per heavy atom. The maximum absolute atomic E-state index is 12.0. The van der Waals surface area contributed by atoms with Gasteiger partial charge in [0.1, 0.15) is 5.57 Å². The summed E-state index contributed by atoms with van der Waals surface area (Å²) in [5, 5.41) is 0. The molecular formula is C57H90N2Pd. The average molecular weight is 910 g/mol. The van der Waals surface area contributed by atoms with Gasteiger partial charge in [-0.3, -0.25) is 0 Å². The largest absolute Gasteiger partial charge is 0.493 e. The first kappa shape index (κ1) is 53.9. The minimum absolute atomic E-state index is 0. The van der Waals surface area contributed by atoms with E-state index in [9.17, 15) is 5.53 Å². The maximum Gasteiger partial charge on any atom is 0.223 e. The van der Waals surface area contributed by atoms with Crippen LogP contribution in [0.15, 0.2) is 59.7 Å². The molecule has 1 heterocycles. The first-order valence-corrected chi connectivity index (χ1v) is 25.8. The van der Waals surface area contributed by atoms with Crippen molar-refractivity contribution >= 4 is 11.4 Å². The Hall–Kier alpha value is -2.26. The Morgan fingerprint density at radius 3 is 1.07 bits per heavy atom. The number of nitrogens with zero attached hydrogens (tertiary/aromatic N) is 2. The second-order valence-corrected chi connectivity index (χ2v) is 18.1. The summed E-state index contributed by atoms with van der Waals surface area (Å²) in [7, 11) is 0. The number of rotatable bonds is 36. The second-order valence-electron chi connectivity index (χ2n) is 18.1. The van der Waals surface area contributed by atoms with E-state index in [-0.39, 0.29) is 20.4 Å². The quantitative estimate of drug-likeness (QED) is 0.0282. The predicted octanol–water partition coefficient (Wildman–Crippen LogP) is 18.9. The predicted molar refractivity (Wildman–Crippen MR) is 261 cm³/mol. The van der Waals surface area contributed by atoms with Crippen molar-refractivity contribution in [2.45, 2.75) is 252 Å². The fourth-order valence-corrected chi connectivity index (χ4v) is 8.83. The van der Waals surface area contributed by atoms with Gasteiger partial charge >= 0.3 is 0 Å². The molecule has 0 aliphatic carbocycles. The Bertz CT molecular complexity index is 1500. The fraction of sp³-hybridized carbons (Fsp3) is 0.684. The molecular weight excluding hydrogens is 819 g/mol. The smallest absolute Gasteiger partial charge is 0.223 e. The van der Waals surface area contributed by atoms with Gasteiger partial charge in [-0.05, 0) is 80.3 Å². The minimum Gasteiger partial charge on any atom is -0.493 e. The normalized spacial score (nSPS) is 12.6. The number of benzene rings is 2. The van der Waals surface area contributed by atoms with Gasteiger partial charge in [0.05, 0.1) is 0 Å². The van der Waals surface area contributed by atoms with Gasteiger partial charge < -0.3 is 5.53 Å². The first-order chi connectivity index (χ1) is 29.1. The molecule has 0 N–H and O–H groups in total. The monoisotopic (exact) mass is 909 g/mol. The van der Waals surface area contributed by atoms with E-state index in [0.29, 0.717) is 0 Å². The molecule has 3 rings (SSSR count). The van der Waals surface area contributed by atoms with Gasteiger partial charge in [-0.15, -0.1) is 0 Å². The van der Waals surface area contributed by atoms with Crippen LogP contribution in [0.4, 0.5) is 0 Å². The molecule has 0 radical (unpaired) electrons. The number of aryl methyl sites for hydroxylation is 2. The molecule has 3 heteroatoms. The van der Waals surface area contributed by atoms with Gasteiger partial charge in [0.15, 0.2) is 0 Å². The summed E-state index contributed by atoms with van der Waals surface area (Å²) in [6.07, 6.45) is 46.5. The van der Waals surface area contributed by atoms with E-state index in [1.807, 2.05) is 0 Å². The van der Waals surface area contributed by atoms with Crippen LogP contribution >= 0.6 is 0 Å². The number of allylic oxidation sites excluding steroid dienone is 2. The summed E-state index contributed by atoms with van der Waals surface area (Å²) in [4.78, 5) is 0. The minimum atomic E-state index is 0. The van der Waals surface area contributed by atoms with Crippen LogP contribution in [0.3, 0.4) is 0 Å². The summed E-state index contributed by atoms with van der Waals surface area (Å²) in [5.74, 6) is 7.23. The molecule has 60 heavy (non-hydrogen) atoms. The van der Waals surface area contributed by atoms with Gasteiger partial charge in [-0.25, -0.2) is 4.70 Å². The summed E-state index contributed by atoms with van der Waals surface area (Å²) >= 11 is 0. The van der Waals surface area contributed by atoms with Crippen LogP contribution in [0.1, 0.15) is 262 Å². The Kier molecular flexibility index (Phi) is 32.5. The molecule has 2 aromatic rings. The number of hydrogen-bond donors (Lipinski definition) is 0. The average Bonchev–Trinajstić information content (AvgIpc) is 3.53. The number of unbranched alkanes of at least 4 members (excludes halogenated alkanes) is 28. The van der Waals surface area contributed by atoms with Gasteiger partial charge in [0.2, 0.25) is 11.4 Å². The first-order valence-electron chi connectivity index (χ1n) is 25.8. The molecule has 1 aliphatic rings. The van der Waals surface area contributed by atoms with Gasteiger partial charge in [0.25, 0.3) is 0 Å². The van der Waals surface area contributed by atoms with Crippen molar-refractivity contribution in [1.29, 1.82) is 0 Å². The van der Waals surface area contributed by atoms with Crippen molar-refractivity contribution in [3.8, 4) is 11.8 Å². The standard InChI is InChI=1S/C57H90N2.Pd/c1-5-9-13-14-15-16-17-18-19-20-21-22-23-24-25-26-27-28-29-30-31-32-33-34-35-36-37-41-55-54(40-12-8-4)56(52-46-42-50(43-47-52)38-10-6-2)59(58)57(55)53-48-44-51(45-49-53)39-11-7-3;/h42-49H,5-36,38-40H2,1-4H3;. The third kappa shape index (κ3) is 22.2. The Labute approximate surface area is 386 Å². The third-order valence-corrected chi connectivity index (χ3v) is 12.7. The Morgan fingerprint density at radius 1 is 0.383 bits per heavy atom. The van der Waals surface area contributed by atoms with E-state index in [0.717, 1.165) is 73.0 Å². The molecule has 2 aromatic carbocycles. The van der Waals surface area contributed by atoms with Crippen LogP contribution in [0.2, 0.25) is 0 Å². The molecule has 0 amide bonds. The summed E-state index contributed by atoms with van der Waals surface area (Å²) in [5.41, 5.74) is 20.8. The zero-order valence-electron chi connectivity index (χ0n) is 39.6. The molecule has 1 aliphatic heterocycles. The molecule has 0 saturated carbocycles. The SMILES string of the molecule is CCCCCCCCCCCCCCCCCCCCCCCCCCCC#CC1=C(c2ccc(CCCC)cc2)[N+](=[N-])C(c2ccc(CCCC)cc2)=C1CCCC.[Pd]. The zero-order valence-corrected chi connectivity index (χ0v) is 41.1. The molecule has 2 nitrogen and oxygen atoms in total. The molecule has 0 unspecified atom stereocenters. The van der Waals surface area contributed by atoms with E-state index in [4.69, 9.17) is 0 Å². The maximum atomic E-state index is 12.0. The molecule has 0 bridgehead atoms.